The summed E-state index contributed by atoms with van der Waals surface area (Å²) in [5.74, 6) is -0.139. The van der Waals surface area contributed by atoms with Crippen molar-refractivity contribution in [2.45, 2.75) is 25.7 Å². The van der Waals surface area contributed by atoms with E-state index in [9.17, 15) is 9.18 Å². The van der Waals surface area contributed by atoms with Crippen LogP contribution in [0.3, 0.4) is 0 Å². The largest absolute Gasteiger partial charge is 0.355 e. The fourth-order valence-corrected chi connectivity index (χ4v) is 2.55. The summed E-state index contributed by atoms with van der Waals surface area (Å²) in [6.07, 6.45) is 1.98. The smallest absolute Gasteiger partial charge is 0.251 e. The molecule has 0 aliphatic carbocycles. The lowest BCUT2D eigenvalue weighted by atomic mass is 9.87. The molecule has 0 radical (unpaired) electrons. The molecule has 0 aromatic heterocycles. The molecule has 1 amide bonds. The highest BCUT2D eigenvalue weighted by Gasteiger charge is 2.15. The number of carbonyl (C=O) groups excluding carboxylic acids is 1. The second-order valence-corrected chi connectivity index (χ2v) is 5.10. The summed E-state index contributed by atoms with van der Waals surface area (Å²) in [6.45, 7) is 2.12. The zero-order valence-electron chi connectivity index (χ0n) is 12.4. The molecule has 110 valence electrons. The zero-order valence-corrected chi connectivity index (χ0v) is 12.4. The molecule has 0 aliphatic rings. The lowest BCUT2D eigenvalue weighted by molar-refractivity contribution is 0.0963. The average Bonchev–Trinajstić information content (AvgIpc) is 2.53. The Labute approximate surface area is 125 Å². The van der Waals surface area contributed by atoms with Crippen molar-refractivity contribution < 1.29 is 9.18 Å². The normalized spacial score (nSPS) is 12.0. The number of amides is 1. The Morgan fingerprint density at radius 1 is 1.14 bits per heavy atom. The van der Waals surface area contributed by atoms with Crippen molar-refractivity contribution in [3.05, 3.63) is 71.0 Å². The molecule has 3 heteroatoms. The maximum Gasteiger partial charge on any atom is 0.251 e. The summed E-state index contributed by atoms with van der Waals surface area (Å²) < 4.78 is 13.1. The minimum absolute atomic E-state index is 0.0915. The molecule has 0 aliphatic heterocycles. The molecule has 21 heavy (non-hydrogen) atoms. The molecule has 0 fully saturated rings. The van der Waals surface area contributed by atoms with Crippen LogP contribution in [0.4, 0.5) is 4.39 Å². The van der Waals surface area contributed by atoms with Crippen LogP contribution in [0.2, 0.25) is 0 Å². The third-order valence-corrected chi connectivity index (χ3v) is 3.63. The highest BCUT2D eigenvalue weighted by Crippen LogP contribution is 2.29. The van der Waals surface area contributed by atoms with Gasteiger partial charge in [0.05, 0.1) is 0 Å². The summed E-state index contributed by atoms with van der Waals surface area (Å²) in [7, 11) is 1.62. The lowest BCUT2D eigenvalue weighted by Crippen LogP contribution is -2.18. The molecule has 2 aromatic rings. The Morgan fingerprint density at radius 3 is 2.48 bits per heavy atom. The number of rotatable bonds is 5. The second kappa shape index (κ2) is 7.02. The Morgan fingerprint density at radius 2 is 1.86 bits per heavy atom. The van der Waals surface area contributed by atoms with Gasteiger partial charge in [-0.2, -0.15) is 0 Å². The van der Waals surface area contributed by atoms with Crippen LogP contribution in [-0.2, 0) is 0 Å². The van der Waals surface area contributed by atoms with Gasteiger partial charge in [0.2, 0.25) is 0 Å². The van der Waals surface area contributed by atoms with Crippen molar-refractivity contribution in [1.82, 2.24) is 5.32 Å². The van der Waals surface area contributed by atoms with Crippen molar-refractivity contribution >= 4 is 5.91 Å². The molecule has 0 saturated heterocycles. The van der Waals surface area contributed by atoms with E-state index in [-0.39, 0.29) is 17.6 Å². The first-order chi connectivity index (χ1) is 10.2. The van der Waals surface area contributed by atoms with Crippen LogP contribution in [0.5, 0.6) is 0 Å². The van der Waals surface area contributed by atoms with Crippen LogP contribution in [0.1, 0.15) is 47.2 Å². The van der Waals surface area contributed by atoms with Gasteiger partial charge in [-0.3, -0.25) is 4.79 Å². The van der Waals surface area contributed by atoms with E-state index in [1.165, 1.54) is 12.1 Å². The van der Waals surface area contributed by atoms with Crippen LogP contribution in [0.15, 0.2) is 48.5 Å². The molecule has 2 aromatic carbocycles. The predicted octanol–water partition coefficient (Wildman–Crippen LogP) is 4.12. The number of halogens is 1. The fraction of sp³-hybridized carbons (Fsp3) is 0.278. The molecule has 2 nitrogen and oxygen atoms in total. The Hall–Kier alpha value is -2.16. The second-order valence-electron chi connectivity index (χ2n) is 5.10. The molecular formula is C18H20FNO. The van der Waals surface area contributed by atoms with Gasteiger partial charge in [-0.1, -0.05) is 37.6 Å². The standard InChI is InChI=1S/C18H20FNO/c1-3-5-17(13-8-10-16(19)11-9-13)14-6-4-7-15(12-14)18(21)20-2/h4,6-12,17H,3,5H2,1-2H3,(H,20,21). The molecular weight excluding hydrogens is 265 g/mol. The van der Waals surface area contributed by atoms with E-state index < -0.39 is 0 Å². The SMILES string of the molecule is CCCC(c1ccc(F)cc1)c1cccc(C(=O)NC)c1. The molecule has 0 saturated carbocycles. The van der Waals surface area contributed by atoms with Crippen molar-refractivity contribution in [1.29, 1.82) is 0 Å². The van der Waals surface area contributed by atoms with Gasteiger partial charge in [-0.05, 0) is 41.8 Å². The Balaban J connectivity index is 2.38. The molecule has 1 N–H and O–H groups in total. The van der Waals surface area contributed by atoms with Crippen LogP contribution in [0.25, 0.3) is 0 Å². The first-order valence-electron chi connectivity index (χ1n) is 7.23. The summed E-state index contributed by atoms with van der Waals surface area (Å²) >= 11 is 0. The minimum atomic E-state index is -0.229. The van der Waals surface area contributed by atoms with Crippen molar-refractivity contribution in [2.75, 3.05) is 7.05 Å². The summed E-state index contributed by atoms with van der Waals surface area (Å²) in [6, 6.07) is 14.3. The van der Waals surface area contributed by atoms with E-state index in [1.54, 1.807) is 13.1 Å². The van der Waals surface area contributed by atoms with E-state index in [1.807, 2.05) is 30.3 Å². The third-order valence-electron chi connectivity index (χ3n) is 3.63. The maximum absolute atomic E-state index is 13.1. The van der Waals surface area contributed by atoms with Crippen LogP contribution >= 0.6 is 0 Å². The number of hydrogen-bond donors (Lipinski definition) is 1. The highest BCUT2D eigenvalue weighted by molar-refractivity contribution is 5.94. The molecule has 1 unspecified atom stereocenters. The van der Waals surface area contributed by atoms with E-state index in [0.29, 0.717) is 5.56 Å². The van der Waals surface area contributed by atoms with E-state index in [0.717, 1.165) is 24.0 Å². The van der Waals surface area contributed by atoms with Crippen LogP contribution < -0.4 is 5.32 Å². The van der Waals surface area contributed by atoms with Gasteiger partial charge in [0.15, 0.2) is 0 Å². The molecule has 1 atom stereocenters. The maximum atomic E-state index is 13.1. The van der Waals surface area contributed by atoms with Crippen molar-refractivity contribution in [3.63, 3.8) is 0 Å². The molecule has 0 heterocycles. The Kier molecular flexibility index (Phi) is 5.09. The van der Waals surface area contributed by atoms with Crippen LogP contribution in [-0.4, -0.2) is 13.0 Å². The van der Waals surface area contributed by atoms with Crippen LogP contribution in [0, 0.1) is 5.82 Å². The number of nitrogens with one attached hydrogen (secondary N) is 1. The molecule has 2 rings (SSSR count). The average molecular weight is 285 g/mol. The summed E-state index contributed by atoms with van der Waals surface area (Å²) in [4.78, 5) is 11.8. The van der Waals surface area contributed by atoms with Gasteiger partial charge in [0, 0.05) is 18.5 Å². The number of carbonyl (C=O) groups is 1. The summed E-state index contributed by atoms with van der Waals surface area (Å²) in [5.41, 5.74) is 2.81. The first-order valence-corrected chi connectivity index (χ1v) is 7.23. The van der Waals surface area contributed by atoms with Gasteiger partial charge in [-0.25, -0.2) is 4.39 Å². The quantitative estimate of drug-likeness (QED) is 0.879. The van der Waals surface area contributed by atoms with E-state index in [4.69, 9.17) is 0 Å². The van der Waals surface area contributed by atoms with E-state index >= 15 is 0 Å². The highest BCUT2D eigenvalue weighted by atomic mass is 19.1. The number of benzene rings is 2. The minimum Gasteiger partial charge on any atom is -0.355 e. The van der Waals surface area contributed by atoms with Crippen molar-refractivity contribution in [2.24, 2.45) is 0 Å². The van der Waals surface area contributed by atoms with Gasteiger partial charge >= 0.3 is 0 Å². The van der Waals surface area contributed by atoms with Gasteiger partial charge < -0.3 is 5.32 Å². The third kappa shape index (κ3) is 3.69. The molecule has 0 bridgehead atoms. The number of hydrogen-bond acceptors (Lipinski definition) is 1. The zero-order chi connectivity index (χ0) is 15.2. The molecule has 0 spiro atoms. The van der Waals surface area contributed by atoms with E-state index in [2.05, 4.69) is 12.2 Å². The van der Waals surface area contributed by atoms with Crippen molar-refractivity contribution in [3.8, 4) is 0 Å². The topological polar surface area (TPSA) is 29.1 Å². The first kappa shape index (κ1) is 15.2. The predicted molar refractivity (Wildman–Crippen MR) is 83.0 cm³/mol. The Bertz CT molecular complexity index is 607. The van der Waals surface area contributed by atoms with Gasteiger partial charge in [0.25, 0.3) is 5.91 Å². The van der Waals surface area contributed by atoms with Gasteiger partial charge in [-0.15, -0.1) is 0 Å². The lowest BCUT2D eigenvalue weighted by Gasteiger charge is -2.18. The summed E-state index contributed by atoms with van der Waals surface area (Å²) in [5, 5.41) is 2.64. The fourth-order valence-electron chi connectivity index (χ4n) is 2.55. The monoisotopic (exact) mass is 285 g/mol. The van der Waals surface area contributed by atoms with Gasteiger partial charge in [0.1, 0.15) is 5.82 Å².